The molecule has 7 heteroatoms. The standard InChI is InChI=1S/C17H24N4O3/c22-16(19-6-2-1-3-7-19)14-18-10-12-20(13-11-18)17(23)15-4-8-21(24)9-5-15/h4-5,8-9H,1-3,6-7,10-14H2. The molecule has 0 radical (unpaired) electrons. The molecule has 0 bridgehead atoms. The van der Waals surface area contributed by atoms with E-state index in [1.165, 1.54) is 18.8 Å². The molecule has 0 N–H and O–H groups in total. The minimum atomic E-state index is -0.0578. The van der Waals surface area contributed by atoms with E-state index in [1.54, 1.807) is 17.0 Å². The lowest BCUT2D eigenvalue weighted by atomic mass is 10.1. The molecule has 0 spiro atoms. The Bertz CT molecular complexity index is 576. The van der Waals surface area contributed by atoms with Crippen LogP contribution in [0.3, 0.4) is 0 Å². The first-order valence-electron chi connectivity index (χ1n) is 8.62. The van der Waals surface area contributed by atoms with Gasteiger partial charge < -0.3 is 15.0 Å². The van der Waals surface area contributed by atoms with E-state index in [-0.39, 0.29) is 11.8 Å². The number of hydrogen-bond donors (Lipinski definition) is 0. The number of aromatic nitrogens is 1. The van der Waals surface area contributed by atoms with Crippen molar-refractivity contribution in [1.29, 1.82) is 0 Å². The van der Waals surface area contributed by atoms with Gasteiger partial charge in [0.1, 0.15) is 0 Å². The predicted molar refractivity (Wildman–Crippen MR) is 88.2 cm³/mol. The van der Waals surface area contributed by atoms with Crippen molar-refractivity contribution in [2.75, 3.05) is 45.8 Å². The molecule has 0 aliphatic carbocycles. The van der Waals surface area contributed by atoms with E-state index in [2.05, 4.69) is 4.90 Å². The number of pyridine rings is 1. The van der Waals surface area contributed by atoms with Gasteiger partial charge in [0.05, 0.1) is 12.1 Å². The molecule has 24 heavy (non-hydrogen) atoms. The molecule has 7 nitrogen and oxygen atoms in total. The smallest absolute Gasteiger partial charge is 0.254 e. The molecule has 0 unspecified atom stereocenters. The Labute approximate surface area is 142 Å². The summed E-state index contributed by atoms with van der Waals surface area (Å²) in [6.07, 6.45) is 6.10. The Kier molecular flexibility index (Phi) is 5.30. The Balaban J connectivity index is 1.47. The van der Waals surface area contributed by atoms with Gasteiger partial charge in [0.15, 0.2) is 12.4 Å². The molecule has 130 valence electrons. The SMILES string of the molecule is O=C(CN1CCN(C(=O)c2cc[n+]([O-])cc2)CC1)N1CCCCC1. The number of nitrogens with zero attached hydrogens (tertiary/aromatic N) is 4. The van der Waals surface area contributed by atoms with Crippen LogP contribution in [0.2, 0.25) is 0 Å². The second-order valence-corrected chi connectivity index (χ2v) is 6.46. The average molecular weight is 332 g/mol. The van der Waals surface area contributed by atoms with Gasteiger partial charge >= 0.3 is 0 Å². The first-order chi connectivity index (χ1) is 11.6. The number of likely N-dealkylation sites (tertiary alicyclic amines) is 1. The van der Waals surface area contributed by atoms with E-state index >= 15 is 0 Å². The Morgan fingerprint density at radius 1 is 0.917 bits per heavy atom. The fourth-order valence-corrected chi connectivity index (χ4v) is 3.28. The molecule has 0 atom stereocenters. The summed E-state index contributed by atoms with van der Waals surface area (Å²) in [7, 11) is 0. The molecule has 0 aromatic carbocycles. The Hall–Kier alpha value is -2.15. The fourth-order valence-electron chi connectivity index (χ4n) is 3.28. The van der Waals surface area contributed by atoms with Gasteiger partial charge in [-0.15, -0.1) is 0 Å². The van der Waals surface area contributed by atoms with Gasteiger partial charge in [0.25, 0.3) is 5.91 Å². The summed E-state index contributed by atoms with van der Waals surface area (Å²) < 4.78 is 0.668. The predicted octanol–water partition coefficient (Wildman–Crippen LogP) is 0.0903. The van der Waals surface area contributed by atoms with Gasteiger partial charge in [-0.1, -0.05) is 0 Å². The van der Waals surface area contributed by atoms with Crippen LogP contribution in [0.4, 0.5) is 0 Å². The van der Waals surface area contributed by atoms with Crippen LogP contribution in [0.5, 0.6) is 0 Å². The number of piperidine rings is 1. The number of rotatable bonds is 3. The molecule has 2 aliphatic rings. The van der Waals surface area contributed by atoms with Gasteiger partial charge in [0, 0.05) is 51.4 Å². The first-order valence-corrected chi connectivity index (χ1v) is 8.62. The Morgan fingerprint density at radius 3 is 2.17 bits per heavy atom. The maximum Gasteiger partial charge on any atom is 0.254 e. The van der Waals surface area contributed by atoms with Crippen molar-refractivity contribution in [2.24, 2.45) is 0 Å². The van der Waals surface area contributed by atoms with E-state index in [0.717, 1.165) is 25.9 Å². The molecular formula is C17H24N4O3. The molecule has 3 rings (SSSR count). The summed E-state index contributed by atoms with van der Waals surface area (Å²) >= 11 is 0. The minimum absolute atomic E-state index is 0.0578. The van der Waals surface area contributed by atoms with Crippen LogP contribution in [-0.2, 0) is 4.79 Å². The van der Waals surface area contributed by atoms with Gasteiger partial charge in [-0.2, -0.15) is 4.73 Å². The van der Waals surface area contributed by atoms with Crippen molar-refractivity contribution in [2.45, 2.75) is 19.3 Å². The van der Waals surface area contributed by atoms with Crippen LogP contribution in [0.25, 0.3) is 0 Å². The zero-order valence-corrected chi connectivity index (χ0v) is 13.9. The maximum absolute atomic E-state index is 12.4. The molecule has 1 aromatic heterocycles. The molecule has 2 saturated heterocycles. The van der Waals surface area contributed by atoms with Crippen molar-refractivity contribution in [3.05, 3.63) is 35.3 Å². The third-order valence-corrected chi connectivity index (χ3v) is 4.78. The van der Waals surface area contributed by atoms with Gasteiger partial charge in [-0.25, -0.2) is 0 Å². The zero-order chi connectivity index (χ0) is 16.9. The van der Waals surface area contributed by atoms with E-state index in [1.807, 2.05) is 4.90 Å². The highest BCUT2D eigenvalue weighted by Crippen LogP contribution is 2.11. The highest BCUT2D eigenvalue weighted by molar-refractivity contribution is 5.94. The zero-order valence-electron chi connectivity index (χ0n) is 13.9. The second kappa shape index (κ2) is 7.61. The Morgan fingerprint density at radius 2 is 1.54 bits per heavy atom. The molecular weight excluding hydrogens is 308 g/mol. The maximum atomic E-state index is 12.4. The quantitative estimate of drug-likeness (QED) is 0.581. The van der Waals surface area contributed by atoms with Crippen molar-refractivity contribution in [3.63, 3.8) is 0 Å². The van der Waals surface area contributed by atoms with Crippen LogP contribution < -0.4 is 4.73 Å². The highest BCUT2D eigenvalue weighted by Gasteiger charge is 2.25. The van der Waals surface area contributed by atoms with Crippen molar-refractivity contribution >= 4 is 11.8 Å². The molecule has 2 amide bonds. The minimum Gasteiger partial charge on any atom is -0.619 e. The monoisotopic (exact) mass is 332 g/mol. The van der Waals surface area contributed by atoms with Gasteiger partial charge in [-0.05, 0) is 19.3 Å². The number of hydrogen-bond acceptors (Lipinski definition) is 4. The van der Waals surface area contributed by atoms with Crippen molar-refractivity contribution < 1.29 is 14.3 Å². The second-order valence-electron chi connectivity index (χ2n) is 6.46. The average Bonchev–Trinajstić information content (AvgIpc) is 2.63. The van der Waals surface area contributed by atoms with Gasteiger partial charge in [0.2, 0.25) is 5.91 Å². The highest BCUT2D eigenvalue weighted by atomic mass is 16.5. The summed E-state index contributed by atoms with van der Waals surface area (Å²) in [6.45, 7) is 4.84. The summed E-state index contributed by atoms with van der Waals surface area (Å²) in [5.41, 5.74) is 0.528. The van der Waals surface area contributed by atoms with E-state index in [4.69, 9.17) is 0 Å². The van der Waals surface area contributed by atoms with Crippen LogP contribution >= 0.6 is 0 Å². The topological polar surface area (TPSA) is 70.8 Å². The number of carbonyl (C=O) groups is 2. The summed E-state index contributed by atoms with van der Waals surface area (Å²) in [5, 5.41) is 11.0. The normalized spacial score (nSPS) is 19.3. The summed E-state index contributed by atoms with van der Waals surface area (Å²) in [5.74, 6) is 0.148. The van der Waals surface area contributed by atoms with E-state index in [9.17, 15) is 14.8 Å². The largest absolute Gasteiger partial charge is 0.619 e. The molecule has 1 aromatic rings. The van der Waals surface area contributed by atoms with Crippen molar-refractivity contribution in [3.8, 4) is 0 Å². The summed E-state index contributed by atoms with van der Waals surface area (Å²) in [4.78, 5) is 30.6. The number of carbonyl (C=O) groups excluding carboxylic acids is 2. The lowest BCUT2D eigenvalue weighted by Crippen LogP contribution is -2.52. The van der Waals surface area contributed by atoms with E-state index in [0.29, 0.717) is 43.0 Å². The lowest BCUT2D eigenvalue weighted by molar-refractivity contribution is -0.605. The fraction of sp³-hybridized carbons (Fsp3) is 0.588. The molecule has 3 heterocycles. The van der Waals surface area contributed by atoms with Crippen LogP contribution in [-0.4, -0.2) is 72.3 Å². The summed E-state index contributed by atoms with van der Waals surface area (Å²) in [6, 6.07) is 3.09. The van der Waals surface area contributed by atoms with Crippen LogP contribution in [0.15, 0.2) is 24.5 Å². The molecule has 2 aliphatic heterocycles. The molecule has 2 fully saturated rings. The molecule has 0 saturated carbocycles. The van der Waals surface area contributed by atoms with Gasteiger partial charge in [-0.3, -0.25) is 14.5 Å². The van der Waals surface area contributed by atoms with Crippen LogP contribution in [0.1, 0.15) is 29.6 Å². The number of amides is 2. The third kappa shape index (κ3) is 4.03. The van der Waals surface area contributed by atoms with E-state index < -0.39 is 0 Å². The third-order valence-electron chi connectivity index (χ3n) is 4.78. The van der Waals surface area contributed by atoms with Crippen LogP contribution in [0, 0.1) is 5.21 Å². The lowest BCUT2D eigenvalue weighted by Gasteiger charge is -2.36. The number of piperazine rings is 1. The first kappa shape index (κ1) is 16.7. The van der Waals surface area contributed by atoms with Crippen molar-refractivity contribution in [1.82, 2.24) is 14.7 Å².